The largest absolute Gasteiger partial charge is 0.310 e. The van der Waals surface area contributed by atoms with Gasteiger partial charge in [0.2, 0.25) is 0 Å². The quantitative estimate of drug-likeness (QED) is 0.768. The van der Waals surface area contributed by atoms with E-state index in [2.05, 4.69) is 21.2 Å². The Bertz CT molecular complexity index is 681. The summed E-state index contributed by atoms with van der Waals surface area (Å²) in [6, 6.07) is 9.03. The summed E-state index contributed by atoms with van der Waals surface area (Å²) in [4.78, 5) is 0. The van der Waals surface area contributed by atoms with Gasteiger partial charge in [0.15, 0.2) is 0 Å². The van der Waals surface area contributed by atoms with Gasteiger partial charge < -0.3 is 5.32 Å². The Morgan fingerprint density at radius 1 is 1.19 bits per heavy atom. The normalized spacial score (nSPS) is 14.5. The monoisotopic (exact) mass is 351 g/mol. The zero-order valence-corrected chi connectivity index (χ0v) is 13.3. The first-order chi connectivity index (χ1) is 10.1. The highest BCUT2D eigenvalue weighted by molar-refractivity contribution is 9.10. The van der Waals surface area contributed by atoms with Crippen molar-refractivity contribution in [3.05, 3.63) is 57.6 Å². The van der Waals surface area contributed by atoms with E-state index in [1.54, 1.807) is 6.07 Å². The second-order valence-corrected chi connectivity index (χ2v) is 6.38. The first-order valence-electron chi connectivity index (χ1n) is 7.03. The number of nitrogens with one attached hydrogen (secondary N) is 1. The number of halogens is 3. The van der Waals surface area contributed by atoms with E-state index in [4.69, 9.17) is 0 Å². The van der Waals surface area contributed by atoms with Gasteiger partial charge in [0.05, 0.1) is 10.0 Å². The van der Waals surface area contributed by atoms with E-state index in [0.717, 1.165) is 17.7 Å². The number of rotatable bonds is 4. The predicted octanol–water partition coefficient (Wildman–Crippen LogP) is 4.95. The summed E-state index contributed by atoms with van der Waals surface area (Å²) in [6.45, 7) is 2.69. The fourth-order valence-electron chi connectivity index (χ4n) is 2.44. The van der Waals surface area contributed by atoms with E-state index in [9.17, 15) is 8.78 Å². The Morgan fingerprint density at radius 2 is 1.95 bits per heavy atom. The first kappa shape index (κ1) is 14.7. The van der Waals surface area contributed by atoms with Crippen molar-refractivity contribution in [1.82, 2.24) is 5.32 Å². The van der Waals surface area contributed by atoms with Crippen LogP contribution in [0.1, 0.15) is 24.0 Å². The molecule has 0 unspecified atom stereocenters. The minimum Gasteiger partial charge on any atom is -0.310 e. The lowest BCUT2D eigenvalue weighted by Gasteiger charge is -2.12. The molecule has 0 bridgehead atoms. The third kappa shape index (κ3) is 3.16. The molecule has 1 aliphatic carbocycles. The third-order valence-corrected chi connectivity index (χ3v) is 4.39. The average molecular weight is 352 g/mol. The van der Waals surface area contributed by atoms with Crippen molar-refractivity contribution in [2.24, 2.45) is 0 Å². The van der Waals surface area contributed by atoms with Crippen LogP contribution in [0.3, 0.4) is 0 Å². The molecule has 0 saturated heterocycles. The molecule has 1 aliphatic rings. The van der Waals surface area contributed by atoms with Gasteiger partial charge in [0.1, 0.15) is 11.6 Å². The molecule has 1 fully saturated rings. The molecule has 4 heteroatoms. The summed E-state index contributed by atoms with van der Waals surface area (Å²) in [5, 5.41) is 3.44. The summed E-state index contributed by atoms with van der Waals surface area (Å²) < 4.78 is 28.5. The topological polar surface area (TPSA) is 12.0 Å². The SMILES string of the molecule is Cc1cc(CNC2CC2)ccc1-c1c(F)ccc(Br)c1F. The summed E-state index contributed by atoms with van der Waals surface area (Å²) in [5.41, 5.74) is 2.64. The van der Waals surface area contributed by atoms with E-state index in [0.29, 0.717) is 11.6 Å². The van der Waals surface area contributed by atoms with Crippen LogP contribution in [-0.2, 0) is 6.54 Å². The highest BCUT2D eigenvalue weighted by Gasteiger charge is 2.20. The fraction of sp³-hybridized carbons (Fsp3) is 0.294. The van der Waals surface area contributed by atoms with Gasteiger partial charge in [0, 0.05) is 12.6 Å². The molecule has 0 atom stereocenters. The summed E-state index contributed by atoms with van der Waals surface area (Å²) in [7, 11) is 0. The Labute approximate surface area is 131 Å². The van der Waals surface area contributed by atoms with E-state index >= 15 is 0 Å². The van der Waals surface area contributed by atoms with Gasteiger partial charge in [-0.15, -0.1) is 0 Å². The zero-order valence-electron chi connectivity index (χ0n) is 11.7. The number of aryl methyl sites for hydroxylation is 1. The van der Waals surface area contributed by atoms with E-state index in [1.807, 2.05) is 19.1 Å². The first-order valence-corrected chi connectivity index (χ1v) is 7.82. The standard InChI is InChI=1S/C17H16BrF2N/c1-10-8-11(9-21-12-3-4-12)2-5-13(10)16-15(19)7-6-14(18)17(16)20/h2,5-8,12,21H,3-4,9H2,1H3. The van der Waals surface area contributed by atoms with Crippen LogP contribution in [0.15, 0.2) is 34.8 Å². The molecule has 0 aromatic heterocycles. The summed E-state index contributed by atoms with van der Waals surface area (Å²) in [6.07, 6.45) is 2.48. The van der Waals surface area contributed by atoms with Crippen LogP contribution >= 0.6 is 15.9 Å². The van der Waals surface area contributed by atoms with Crippen LogP contribution in [0.4, 0.5) is 8.78 Å². The highest BCUT2D eigenvalue weighted by Crippen LogP contribution is 2.33. The van der Waals surface area contributed by atoms with E-state index in [-0.39, 0.29) is 10.0 Å². The van der Waals surface area contributed by atoms with Gasteiger partial charge >= 0.3 is 0 Å². The molecule has 21 heavy (non-hydrogen) atoms. The Hall–Kier alpha value is -1.26. The molecule has 0 amide bonds. The Kier molecular flexibility index (Phi) is 4.09. The van der Waals surface area contributed by atoms with Crippen LogP contribution in [0.2, 0.25) is 0 Å². The zero-order chi connectivity index (χ0) is 15.0. The molecular weight excluding hydrogens is 336 g/mol. The molecule has 0 aliphatic heterocycles. The Balaban J connectivity index is 1.93. The third-order valence-electron chi connectivity index (χ3n) is 3.78. The lowest BCUT2D eigenvalue weighted by molar-refractivity contribution is 0.585. The predicted molar refractivity (Wildman–Crippen MR) is 84.1 cm³/mol. The summed E-state index contributed by atoms with van der Waals surface area (Å²) in [5.74, 6) is -1.09. The molecular formula is C17H16BrF2N. The molecule has 1 N–H and O–H groups in total. The molecule has 3 rings (SSSR count). The average Bonchev–Trinajstić information content (AvgIpc) is 3.27. The second kappa shape index (κ2) is 5.85. The van der Waals surface area contributed by atoms with Crippen LogP contribution in [0, 0.1) is 18.6 Å². The van der Waals surface area contributed by atoms with Crippen molar-refractivity contribution in [2.75, 3.05) is 0 Å². The molecule has 1 nitrogen and oxygen atoms in total. The van der Waals surface area contributed by atoms with Crippen LogP contribution in [0.25, 0.3) is 11.1 Å². The van der Waals surface area contributed by atoms with Crippen molar-refractivity contribution in [2.45, 2.75) is 32.4 Å². The number of benzene rings is 2. The van der Waals surface area contributed by atoms with E-state index in [1.165, 1.54) is 25.0 Å². The number of hydrogen-bond acceptors (Lipinski definition) is 1. The lowest BCUT2D eigenvalue weighted by Crippen LogP contribution is -2.15. The molecule has 2 aromatic rings. The maximum atomic E-state index is 14.2. The molecule has 0 heterocycles. The van der Waals surface area contributed by atoms with Crippen molar-refractivity contribution in [1.29, 1.82) is 0 Å². The maximum Gasteiger partial charge on any atom is 0.148 e. The van der Waals surface area contributed by atoms with Crippen molar-refractivity contribution in [3.8, 4) is 11.1 Å². The maximum absolute atomic E-state index is 14.2. The van der Waals surface area contributed by atoms with E-state index < -0.39 is 11.6 Å². The van der Waals surface area contributed by atoms with Gasteiger partial charge in [-0.05, 0) is 64.5 Å². The van der Waals surface area contributed by atoms with Crippen molar-refractivity contribution < 1.29 is 8.78 Å². The fourth-order valence-corrected chi connectivity index (χ4v) is 2.77. The van der Waals surface area contributed by atoms with Gasteiger partial charge in [-0.3, -0.25) is 0 Å². The molecule has 2 aromatic carbocycles. The second-order valence-electron chi connectivity index (χ2n) is 5.52. The molecule has 110 valence electrons. The van der Waals surface area contributed by atoms with Crippen molar-refractivity contribution >= 4 is 15.9 Å². The summed E-state index contributed by atoms with van der Waals surface area (Å²) >= 11 is 3.11. The van der Waals surface area contributed by atoms with Crippen LogP contribution < -0.4 is 5.32 Å². The minimum atomic E-state index is -0.554. The molecule has 1 saturated carbocycles. The Morgan fingerprint density at radius 3 is 2.62 bits per heavy atom. The van der Waals surface area contributed by atoms with Crippen molar-refractivity contribution in [3.63, 3.8) is 0 Å². The number of hydrogen-bond donors (Lipinski definition) is 1. The highest BCUT2D eigenvalue weighted by atomic mass is 79.9. The van der Waals surface area contributed by atoms with Gasteiger partial charge in [-0.1, -0.05) is 18.2 Å². The van der Waals surface area contributed by atoms with Gasteiger partial charge in [0.25, 0.3) is 0 Å². The minimum absolute atomic E-state index is 0.0311. The molecule has 0 spiro atoms. The lowest BCUT2D eigenvalue weighted by atomic mass is 9.97. The van der Waals surface area contributed by atoms with Gasteiger partial charge in [-0.2, -0.15) is 0 Å². The van der Waals surface area contributed by atoms with Crippen LogP contribution in [0.5, 0.6) is 0 Å². The van der Waals surface area contributed by atoms with Crippen LogP contribution in [-0.4, -0.2) is 6.04 Å². The van der Waals surface area contributed by atoms with Gasteiger partial charge in [-0.25, -0.2) is 8.78 Å². The smallest absolute Gasteiger partial charge is 0.148 e. The molecule has 0 radical (unpaired) electrons.